The lowest BCUT2D eigenvalue weighted by Crippen LogP contribution is -2.29. The molecular weight excluding hydrogens is 360 g/mol. The number of carbonyl (C=O) groups is 2. The molecule has 144 valence electrons. The van der Waals surface area contributed by atoms with Crippen molar-refractivity contribution in [1.82, 2.24) is 14.8 Å². The molecule has 0 spiro atoms. The van der Waals surface area contributed by atoms with Gasteiger partial charge in [-0.3, -0.25) is 14.4 Å². The molecular formula is C20H20N4O4. The zero-order chi connectivity index (χ0) is 19.8. The number of ether oxygens (including phenoxy) is 1. The number of amides is 1. The summed E-state index contributed by atoms with van der Waals surface area (Å²) >= 11 is 0. The second kappa shape index (κ2) is 6.95. The van der Waals surface area contributed by atoms with E-state index in [1.54, 1.807) is 13.8 Å². The Hall–Kier alpha value is -3.42. The predicted octanol–water partition coefficient (Wildman–Crippen LogP) is 2.07. The van der Waals surface area contributed by atoms with Crippen LogP contribution in [0.4, 0.5) is 5.82 Å². The molecule has 2 N–H and O–H groups in total. The Kier molecular flexibility index (Phi) is 4.46. The number of carbonyl (C=O) groups excluding carboxylic acids is 2. The highest BCUT2D eigenvalue weighted by molar-refractivity contribution is 5.95. The van der Waals surface area contributed by atoms with E-state index in [0.717, 1.165) is 16.5 Å². The van der Waals surface area contributed by atoms with Crippen molar-refractivity contribution in [3.05, 3.63) is 57.5 Å². The molecule has 1 aromatic carbocycles. The van der Waals surface area contributed by atoms with E-state index >= 15 is 0 Å². The lowest BCUT2D eigenvalue weighted by Gasteiger charge is -2.24. The molecule has 3 aromatic rings. The zero-order valence-corrected chi connectivity index (χ0v) is 15.6. The van der Waals surface area contributed by atoms with Crippen LogP contribution in [-0.4, -0.2) is 33.2 Å². The first kappa shape index (κ1) is 18.0. The van der Waals surface area contributed by atoms with Gasteiger partial charge in [0.15, 0.2) is 0 Å². The second-order valence-corrected chi connectivity index (χ2v) is 6.76. The molecule has 0 bridgehead atoms. The van der Waals surface area contributed by atoms with Crippen LogP contribution in [0.25, 0.3) is 10.9 Å². The van der Waals surface area contributed by atoms with E-state index in [4.69, 9.17) is 4.74 Å². The number of aromatic nitrogens is 3. The van der Waals surface area contributed by atoms with Crippen molar-refractivity contribution >= 4 is 28.6 Å². The quantitative estimate of drug-likeness (QED) is 0.674. The SMILES string of the molecule is CCOC(=O)Cn1nc(C)c2c1NC(=O)C[C@H]2c1cc2ccccc2[nH]c1=O. The van der Waals surface area contributed by atoms with Gasteiger partial charge in [-0.05, 0) is 31.4 Å². The van der Waals surface area contributed by atoms with Crippen molar-refractivity contribution < 1.29 is 14.3 Å². The largest absolute Gasteiger partial charge is 0.465 e. The summed E-state index contributed by atoms with van der Waals surface area (Å²) in [5.74, 6) is -0.657. The Morgan fingerprint density at radius 3 is 2.89 bits per heavy atom. The summed E-state index contributed by atoms with van der Waals surface area (Å²) in [5, 5.41) is 8.09. The maximum absolute atomic E-state index is 12.7. The van der Waals surface area contributed by atoms with Gasteiger partial charge in [-0.1, -0.05) is 18.2 Å². The number of anilines is 1. The smallest absolute Gasteiger partial charge is 0.327 e. The van der Waals surface area contributed by atoms with E-state index in [1.165, 1.54) is 4.68 Å². The highest BCUT2D eigenvalue weighted by Crippen LogP contribution is 2.38. The maximum Gasteiger partial charge on any atom is 0.327 e. The molecule has 1 aliphatic rings. The summed E-state index contributed by atoms with van der Waals surface area (Å²) in [6.45, 7) is 3.69. The molecule has 1 atom stereocenters. The van der Waals surface area contributed by atoms with Crippen LogP contribution in [-0.2, 0) is 20.9 Å². The molecule has 0 saturated carbocycles. The summed E-state index contributed by atoms with van der Waals surface area (Å²) < 4.78 is 6.42. The number of hydrogen-bond acceptors (Lipinski definition) is 5. The lowest BCUT2D eigenvalue weighted by atomic mass is 9.86. The molecule has 3 heterocycles. The molecule has 8 heteroatoms. The molecule has 0 saturated heterocycles. The van der Waals surface area contributed by atoms with Crippen LogP contribution in [0.1, 0.15) is 36.1 Å². The van der Waals surface area contributed by atoms with Crippen molar-refractivity contribution in [2.75, 3.05) is 11.9 Å². The minimum atomic E-state index is -0.437. The number of para-hydroxylation sites is 1. The molecule has 28 heavy (non-hydrogen) atoms. The van der Waals surface area contributed by atoms with Gasteiger partial charge in [-0.2, -0.15) is 5.10 Å². The number of H-pyrrole nitrogens is 1. The Morgan fingerprint density at radius 2 is 2.11 bits per heavy atom. The molecule has 8 nitrogen and oxygen atoms in total. The third kappa shape index (κ3) is 3.06. The van der Waals surface area contributed by atoms with Crippen molar-refractivity contribution in [3.8, 4) is 0 Å². The van der Waals surface area contributed by atoms with Crippen molar-refractivity contribution in [1.29, 1.82) is 0 Å². The fraction of sp³-hybridized carbons (Fsp3) is 0.300. The van der Waals surface area contributed by atoms with Gasteiger partial charge in [0.2, 0.25) is 5.91 Å². The summed E-state index contributed by atoms with van der Waals surface area (Å²) in [7, 11) is 0. The zero-order valence-electron chi connectivity index (χ0n) is 15.6. The number of esters is 1. The Labute approximate surface area is 160 Å². The predicted molar refractivity (Wildman–Crippen MR) is 103 cm³/mol. The number of rotatable bonds is 4. The molecule has 4 rings (SSSR count). The summed E-state index contributed by atoms with van der Waals surface area (Å²) in [5.41, 5.74) is 2.43. The first-order chi connectivity index (χ1) is 13.5. The van der Waals surface area contributed by atoms with Gasteiger partial charge in [-0.25, -0.2) is 4.68 Å². The molecule has 1 amide bonds. The molecule has 0 unspecified atom stereocenters. The average Bonchev–Trinajstić information content (AvgIpc) is 2.96. The van der Waals surface area contributed by atoms with E-state index in [0.29, 0.717) is 17.1 Å². The molecule has 0 fully saturated rings. The Bertz CT molecular complexity index is 1140. The molecule has 0 aliphatic carbocycles. The maximum atomic E-state index is 12.7. The third-order valence-electron chi connectivity index (χ3n) is 4.91. The Balaban J connectivity index is 1.82. The topological polar surface area (TPSA) is 106 Å². The number of pyridine rings is 1. The summed E-state index contributed by atoms with van der Waals surface area (Å²) in [6.07, 6.45) is 0.139. The van der Waals surface area contributed by atoms with E-state index in [1.807, 2.05) is 30.3 Å². The number of hydrogen-bond donors (Lipinski definition) is 2. The summed E-state index contributed by atoms with van der Waals surface area (Å²) in [4.78, 5) is 39.9. The van der Waals surface area contributed by atoms with Gasteiger partial charge >= 0.3 is 5.97 Å². The van der Waals surface area contributed by atoms with Gasteiger partial charge in [0.25, 0.3) is 5.56 Å². The number of nitrogens with zero attached hydrogens (tertiary/aromatic N) is 2. The highest BCUT2D eigenvalue weighted by atomic mass is 16.5. The minimum Gasteiger partial charge on any atom is -0.465 e. The van der Waals surface area contributed by atoms with Crippen LogP contribution in [0.3, 0.4) is 0 Å². The second-order valence-electron chi connectivity index (χ2n) is 6.76. The van der Waals surface area contributed by atoms with Crippen LogP contribution in [0, 0.1) is 6.92 Å². The van der Waals surface area contributed by atoms with Crippen molar-refractivity contribution in [3.63, 3.8) is 0 Å². The average molecular weight is 380 g/mol. The van der Waals surface area contributed by atoms with Gasteiger partial charge in [-0.15, -0.1) is 0 Å². The fourth-order valence-electron chi connectivity index (χ4n) is 3.75. The standard InChI is InChI=1S/C20H20N4O4/c1-3-28-17(26)10-24-19-18(11(2)23-24)13(9-16(25)22-19)14-8-12-6-4-5-7-15(12)21-20(14)27/h4-8,13H,3,9-10H2,1-2H3,(H,21,27)(H,22,25)/t13-/m0/s1. The van der Waals surface area contributed by atoms with Gasteiger partial charge in [0, 0.05) is 29.0 Å². The molecule has 2 aromatic heterocycles. The summed E-state index contributed by atoms with van der Waals surface area (Å²) in [6, 6.07) is 9.32. The molecule has 0 radical (unpaired) electrons. The van der Waals surface area contributed by atoms with Crippen LogP contribution in [0.2, 0.25) is 0 Å². The fourth-order valence-corrected chi connectivity index (χ4v) is 3.75. The monoisotopic (exact) mass is 380 g/mol. The van der Waals surface area contributed by atoms with Gasteiger partial charge < -0.3 is 15.0 Å². The highest BCUT2D eigenvalue weighted by Gasteiger charge is 2.34. The van der Waals surface area contributed by atoms with E-state index in [2.05, 4.69) is 15.4 Å². The number of fused-ring (bicyclic) bond motifs is 2. The van der Waals surface area contributed by atoms with Crippen LogP contribution < -0.4 is 10.9 Å². The van der Waals surface area contributed by atoms with Gasteiger partial charge in [0.05, 0.1) is 12.3 Å². The lowest BCUT2D eigenvalue weighted by molar-refractivity contribution is -0.144. The Morgan fingerprint density at radius 1 is 1.32 bits per heavy atom. The normalized spacial score (nSPS) is 15.9. The van der Waals surface area contributed by atoms with Crippen LogP contribution in [0.15, 0.2) is 35.1 Å². The van der Waals surface area contributed by atoms with Crippen molar-refractivity contribution in [2.45, 2.75) is 32.7 Å². The third-order valence-corrected chi connectivity index (χ3v) is 4.91. The first-order valence-corrected chi connectivity index (χ1v) is 9.12. The number of benzene rings is 1. The first-order valence-electron chi connectivity index (χ1n) is 9.12. The number of nitrogens with one attached hydrogen (secondary N) is 2. The van der Waals surface area contributed by atoms with Crippen molar-refractivity contribution in [2.24, 2.45) is 0 Å². The molecule has 1 aliphatic heterocycles. The van der Waals surface area contributed by atoms with Crippen LogP contribution in [0.5, 0.6) is 0 Å². The minimum absolute atomic E-state index is 0.106. The van der Waals surface area contributed by atoms with Gasteiger partial charge in [0.1, 0.15) is 12.4 Å². The number of aryl methyl sites for hydroxylation is 1. The van der Waals surface area contributed by atoms with E-state index in [-0.39, 0.29) is 31.0 Å². The van der Waals surface area contributed by atoms with E-state index < -0.39 is 11.9 Å². The number of aromatic amines is 1. The van der Waals surface area contributed by atoms with Crippen LogP contribution >= 0.6 is 0 Å². The van der Waals surface area contributed by atoms with E-state index in [9.17, 15) is 14.4 Å².